The zero-order valence-corrected chi connectivity index (χ0v) is 16.2. The van der Waals surface area contributed by atoms with Gasteiger partial charge in [0.25, 0.3) is 0 Å². The number of hydrogen-bond donors (Lipinski definition) is 9. The number of aliphatic carboxylic acids is 1. The number of carbonyl (C=O) groups is 5. The molecule has 0 saturated heterocycles. The molecule has 3 atom stereocenters. The highest BCUT2D eigenvalue weighted by Gasteiger charge is 2.27. The van der Waals surface area contributed by atoms with Gasteiger partial charge in [0.15, 0.2) is 5.96 Å². The van der Waals surface area contributed by atoms with Gasteiger partial charge in [0.2, 0.25) is 23.6 Å². The third kappa shape index (κ3) is 11.4. The molecule has 0 rings (SSSR count). The summed E-state index contributed by atoms with van der Waals surface area (Å²) < 4.78 is 0. The van der Waals surface area contributed by atoms with E-state index in [1.165, 1.54) is 0 Å². The van der Waals surface area contributed by atoms with Crippen LogP contribution < -0.4 is 38.9 Å². The van der Waals surface area contributed by atoms with E-state index in [1.54, 1.807) is 0 Å². The molecule has 0 bridgehead atoms. The molecule has 0 unspecified atom stereocenters. The quantitative estimate of drug-likeness (QED) is 0.0712. The van der Waals surface area contributed by atoms with Gasteiger partial charge < -0.3 is 49.1 Å². The van der Waals surface area contributed by atoms with Gasteiger partial charge >= 0.3 is 5.97 Å². The second-order valence-corrected chi connectivity index (χ2v) is 6.15. The van der Waals surface area contributed by atoms with Crippen LogP contribution >= 0.6 is 0 Å². The number of carboxylic acid groups (broad SMARTS) is 1. The number of nitrogens with two attached hydrogens (primary N) is 4. The highest BCUT2D eigenvalue weighted by molar-refractivity contribution is 5.94. The van der Waals surface area contributed by atoms with Crippen molar-refractivity contribution in [3.05, 3.63) is 0 Å². The normalized spacial score (nSPS) is 13.3. The molecule has 0 heterocycles. The molecule has 0 radical (unpaired) electrons. The van der Waals surface area contributed by atoms with E-state index in [4.69, 9.17) is 33.1 Å². The summed E-state index contributed by atoms with van der Waals surface area (Å²) in [5.41, 5.74) is 21.0. The number of nitrogens with one attached hydrogen (secondary N) is 3. The molecular formula is C15H28N8O7. The third-order valence-corrected chi connectivity index (χ3v) is 3.58. The van der Waals surface area contributed by atoms with E-state index in [2.05, 4.69) is 15.6 Å². The Morgan fingerprint density at radius 3 is 2.10 bits per heavy atom. The van der Waals surface area contributed by atoms with Crippen LogP contribution in [0, 0.1) is 0 Å². The van der Waals surface area contributed by atoms with Crippen LogP contribution in [0.4, 0.5) is 0 Å². The maximum atomic E-state index is 12.1. The minimum absolute atomic E-state index is 0.0899. The number of carbonyl (C=O) groups excluding carboxylic acids is 4. The summed E-state index contributed by atoms with van der Waals surface area (Å²) in [7, 11) is 0. The average Bonchev–Trinajstić information content (AvgIpc) is 2.65. The van der Waals surface area contributed by atoms with Crippen molar-refractivity contribution in [2.45, 2.75) is 37.4 Å². The molecule has 0 fully saturated rings. The number of amides is 4. The lowest BCUT2D eigenvalue weighted by Gasteiger charge is -2.20. The Labute approximate surface area is 171 Å². The largest absolute Gasteiger partial charge is 0.480 e. The highest BCUT2D eigenvalue weighted by Crippen LogP contribution is 1.97. The van der Waals surface area contributed by atoms with E-state index in [-0.39, 0.29) is 18.9 Å². The molecule has 0 aliphatic carbocycles. The van der Waals surface area contributed by atoms with Crippen molar-refractivity contribution < 1.29 is 34.2 Å². The van der Waals surface area contributed by atoms with Gasteiger partial charge in [-0.2, -0.15) is 0 Å². The van der Waals surface area contributed by atoms with Gasteiger partial charge in [0, 0.05) is 6.54 Å². The fraction of sp³-hybridized carbons (Fsp3) is 0.600. The lowest BCUT2D eigenvalue weighted by Crippen LogP contribution is -2.55. The fourth-order valence-corrected chi connectivity index (χ4v) is 2.06. The van der Waals surface area contributed by atoms with Gasteiger partial charge in [-0.05, 0) is 12.8 Å². The Hall–Kier alpha value is -3.46. The first-order valence-electron chi connectivity index (χ1n) is 8.78. The van der Waals surface area contributed by atoms with Crippen molar-refractivity contribution in [1.29, 1.82) is 0 Å². The molecule has 0 saturated carbocycles. The summed E-state index contributed by atoms with van der Waals surface area (Å²) in [6.07, 6.45) is 0.0391. The van der Waals surface area contributed by atoms with Crippen molar-refractivity contribution in [1.82, 2.24) is 16.0 Å². The maximum absolute atomic E-state index is 12.1. The topological polar surface area (TPSA) is 278 Å². The minimum Gasteiger partial charge on any atom is -0.480 e. The fourth-order valence-electron chi connectivity index (χ4n) is 2.06. The minimum atomic E-state index is -1.64. The van der Waals surface area contributed by atoms with Crippen molar-refractivity contribution in [3.63, 3.8) is 0 Å². The van der Waals surface area contributed by atoms with Gasteiger partial charge in [-0.3, -0.25) is 24.2 Å². The van der Waals surface area contributed by atoms with Gasteiger partial charge in [0.05, 0.1) is 25.6 Å². The molecule has 0 aromatic heterocycles. The van der Waals surface area contributed by atoms with Gasteiger partial charge in [-0.15, -0.1) is 0 Å². The van der Waals surface area contributed by atoms with E-state index in [9.17, 15) is 24.0 Å². The molecule has 0 spiro atoms. The number of guanidine groups is 1. The van der Waals surface area contributed by atoms with Crippen LogP contribution in [-0.2, 0) is 24.0 Å². The number of carboxylic acids is 1. The number of rotatable bonds is 14. The zero-order valence-electron chi connectivity index (χ0n) is 16.2. The molecule has 0 aromatic rings. The lowest BCUT2D eigenvalue weighted by atomic mass is 10.1. The summed E-state index contributed by atoms with van der Waals surface area (Å²) in [6, 6.07) is -4.08. The Kier molecular flexibility index (Phi) is 12.1. The van der Waals surface area contributed by atoms with Crippen LogP contribution in [-0.4, -0.2) is 83.6 Å². The van der Waals surface area contributed by atoms with Crippen molar-refractivity contribution in [2.75, 3.05) is 19.7 Å². The van der Waals surface area contributed by atoms with Gasteiger partial charge in [-0.25, -0.2) is 4.79 Å². The Bertz CT molecular complexity index is 665. The summed E-state index contributed by atoms with van der Waals surface area (Å²) in [6.45, 7) is -1.19. The standard InChI is InChI=1S/C15H28N8O7/c16-7(2-1-3-20-15(18)19)12(27)21-5-11(26)22-8(4-10(17)25)13(28)23-9(6-24)14(29)30/h7-9,24H,1-6,16H2,(H2,17,25)(H,21,27)(H,22,26)(H,23,28)(H,29,30)(H4,18,19,20)/t7-,8-,9-/m0/s1. The second-order valence-electron chi connectivity index (χ2n) is 6.15. The van der Waals surface area contributed by atoms with Crippen LogP contribution in [0.15, 0.2) is 4.99 Å². The molecule has 30 heavy (non-hydrogen) atoms. The molecule has 13 N–H and O–H groups in total. The van der Waals surface area contributed by atoms with Crippen LogP contribution in [0.1, 0.15) is 19.3 Å². The van der Waals surface area contributed by atoms with Crippen LogP contribution in [0.3, 0.4) is 0 Å². The van der Waals surface area contributed by atoms with Crippen molar-refractivity contribution >= 4 is 35.6 Å². The highest BCUT2D eigenvalue weighted by atomic mass is 16.4. The monoisotopic (exact) mass is 432 g/mol. The van der Waals surface area contributed by atoms with E-state index in [1.807, 2.05) is 5.32 Å². The third-order valence-electron chi connectivity index (χ3n) is 3.58. The van der Waals surface area contributed by atoms with Gasteiger partial charge in [-0.1, -0.05) is 0 Å². The smallest absolute Gasteiger partial charge is 0.328 e. The summed E-state index contributed by atoms with van der Waals surface area (Å²) >= 11 is 0. The van der Waals surface area contributed by atoms with E-state index in [0.717, 1.165) is 0 Å². The second kappa shape index (κ2) is 13.7. The molecule has 15 nitrogen and oxygen atoms in total. The molecular weight excluding hydrogens is 404 g/mol. The SMILES string of the molecule is NC(=O)C[C@H](NC(=O)CNC(=O)[C@@H](N)CCCN=C(N)N)C(=O)N[C@@H](CO)C(=O)O. The average molecular weight is 432 g/mol. The van der Waals surface area contributed by atoms with Crippen molar-refractivity contribution in [2.24, 2.45) is 27.9 Å². The van der Waals surface area contributed by atoms with Crippen LogP contribution in [0.5, 0.6) is 0 Å². The first kappa shape index (κ1) is 26.5. The number of nitrogens with zero attached hydrogens (tertiary/aromatic N) is 1. The Balaban J connectivity index is 4.66. The number of primary amides is 1. The summed E-state index contributed by atoms with van der Waals surface area (Å²) in [4.78, 5) is 61.7. The molecule has 0 aromatic carbocycles. The number of hydrogen-bond acceptors (Lipinski definition) is 8. The Morgan fingerprint density at radius 1 is 0.967 bits per heavy atom. The Morgan fingerprint density at radius 2 is 1.60 bits per heavy atom. The van der Waals surface area contributed by atoms with E-state index in [0.29, 0.717) is 6.42 Å². The molecule has 4 amide bonds. The lowest BCUT2D eigenvalue weighted by molar-refractivity contribution is -0.143. The zero-order chi connectivity index (χ0) is 23.3. The van der Waals surface area contributed by atoms with Crippen LogP contribution in [0.2, 0.25) is 0 Å². The van der Waals surface area contributed by atoms with Crippen molar-refractivity contribution in [3.8, 4) is 0 Å². The predicted molar refractivity (Wildman–Crippen MR) is 103 cm³/mol. The van der Waals surface area contributed by atoms with Gasteiger partial charge in [0.1, 0.15) is 12.1 Å². The molecule has 0 aliphatic rings. The number of aliphatic hydroxyl groups excluding tert-OH is 1. The predicted octanol–water partition coefficient (Wildman–Crippen LogP) is -5.59. The number of aliphatic imine (C=N–C) groups is 1. The summed E-state index contributed by atoms with van der Waals surface area (Å²) in [5.74, 6) is -5.10. The molecule has 170 valence electrons. The molecule has 15 heteroatoms. The first-order chi connectivity index (χ1) is 14.0. The number of aliphatic hydroxyl groups is 1. The first-order valence-corrected chi connectivity index (χ1v) is 8.78. The van der Waals surface area contributed by atoms with Crippen LogP contribution in [0.25, 0.3) is 0 Å². The summed E-state index contributed by atoms with van der Waals surface area (Å²) in [5, 5.41) is 24.1. The van der Waals surface area contributed by atoms with E-state index >= 15 is 0 Å². The van der Waals surface area contributed by atoms with E-state index < -0.39 is 67.3 Å². The maximum Gasteiger partial charge on any atom is 0.328 e. The molecule has 0 aliphatic heterocycles.